The average molecular weight is 638 g/mol. The molecule has 1 aliphatic rings. The molecule has 18 heteroatoms. The number of rotatable bonds is 11. The molecule has 7 atom stereocenters. The fraction of sp³-hybridized carbons (Fsp3) is 0.520. The van der Waals surface area contributed by atoms with E-state index in [0.717, 1.165) is 11.9 Å². The lowest BCUT2D eigenvalue weighted by Crippen LogP contribution is -2.83. The van der Waals surface area contributed by atoms with Gasteiger partial charge in [-0.2, -0.15) is 0 Å². The summed E-state index contributed by atoms with van der Waals surface area (Å²) in [7, 11) is 1.08. The number of carboxylic acids is 1. The zero-order valence-electron chi connectivity index (χ0n) is 26.3. The Labute approximate surface area is 253 Å². The second kappa shape index (κ2) is 13.7. The first-order chi connectivity index (χ1) is 22.0. The van der Waals surface area contributed by atoms with E-state index in [9.17, 15) is 54.3 Å². The van der Waals surface area contributed by atoms with E-state index in [1.54, 1.807) is 6.07 Å². The van der Waals surface area contributed by atoms with Gasteiger partial charge in [0, 0.05) is 51.4 Å². The fourth-order valence-corrected chi connectivity index (χ4v) is 5.25. The van der Waals surface area contributed by atoms with Crippen LogP contribution in [0, 0.1) is 0 Å². The molecule has 2 rings (SSSR count). The van der Waals surface area contributed by atoms with Crippen LogP contribution in [0.2, 0.25) is 0 Å². The number of carboxylic acid groups (broad SMARTS) is 1. The van der Waals surface area contributed by atoms with E-state index in [1.807, 2.05) is 0 Å². The van der Waals surface area contributed by atoms with Gasteiger partial charge in [-0.15, -0.1) is 11.8 Å². The van der Waals surface area contributed by atoms with Crippen LogP contribution in [0.1, 0.15) is 43.4 Å². The molecule has 0 radical (unpaired) electrons. The Bertz CT molecular complexity index is 1330. The van der Waals surface area contributed by atoms with Crippen molar-refractivity contribution in [2.24, 2.45) is 0 Å². The number of aliphatic hydroxyl groups is 4. The molecule has 0 aromatic heterocycles. The van der Waals surface area contributed by atoms with Crippen LogP contribution in [0.5, 0.6) is 0 Å². The van der Waals surface area contributed by atoms with Crippen LogP contribution in [0.3, 0.4) is 0 Å². The van der Waals surface area contributed by atoms with E-state index in [2.05, 4.69) is 14.2 Å². The molecule has 0 spiro atoms. The normalized spacial score (nSPS) is 29.2. The molecule has 17 nitrogen and oxygen atoms in total. The Kier molecular flexibility index (Phi) is 9.30. The topological polar surface area (TPSA) is 253 Å². The van der Waals surface area contributed by atoms with Crippen molar-refractivity contribution in [3.8, 4) is 0 Å². The predicted octanol–water partition coefficient (Wildman–Crippen LogP) is -1.69. The molecule has 1 aromatic carbocycles. The zero-order valence-corrected chi connectivity index (χ0v) is 23.1. The van der Waals surface area contributed by atoms with Crippen LogP contribution in [-0.2, 0) is 47.7 Å². The highest BCUT2D eigenvalue weighted by molar-refractivity contribution is 7.99. The van der Waals surface area contributed by atoms with Crippen molar-refractivity contribution in [1.82, 2.24) is 4.90 Å². The van der Waals surface area contributed by atoms with E-state index in [-0.39, 0.29) is 17.3 Å². The van der Waals surface area contributed by atoms with Gasteiger partial charge in [0.05, 0.1) is 0 Å². The number of aliphatic hydroxyl groups excluding tert-OH is 1. The lowest BCUT2D eigenvalue weighted by atomic mass is 9.87. The lowest BCUT2D eigenvalue weighted by Gasteiger charge is -2.56. The van der Waals surface area contributed by atoms with E-state index in [4.69, 9.17) is 15.0 Å². The summed E-state index contributed by atoms with van der Waals surface area (Å²) in [4.78, 5) is 74.7. The number of hydrogen-bond acceptors (Lipinski definition) is 16. The SMILES string of the molecule is [2H]CC(=O)OC(O)[C@H]1OC(SC[C@@H](C(=O)O)N(C)C(=O)c2ccccc2)[C@@](O)(OC(=O)C[2H])[C@](O)(OC(=O)C[2H])[C@]1(O)OC(=O)C[2H]. The van der Waals surface area contributed by atoms with Gasteiger partial charge < -0.3 is 54.1 Å². The summed E-state index contributed by atoms with van der Waals surface area (Å²) in [5.74, 6) is -22.7. The Morgan fingerprint density at radius 2 is 1.47 bits per heavy atom. The minimum atomic E-state index is -4.37. The molecule has 1 fully saturated rings. The number of hydrogen-bond donors (Lipinski definition) is 5. The second-order valence-corrected chi connectivity index (χ2v) is 9.79. The largest absolute Gasteiger partial charge is 0.480 e. The van der Waals surface area contributed by atoms with Gasteiger partial charge in [0.1, 0.15) is 6.04 Å². The van der Waals surface area contributed by atoms with E-state index < -0.39 is 110 Å². The summed E-state index contributed by atoms with van der Waals surface area (Å²) in [6.07, 6.45) is -5.76. The summed E-state index contributed by atoms with van der Waals surface area (Å²) in [6.45, 7) is -5.23. The molecule has 1 amide bonds. The Balaban J connectivity index is 2.76. The van der Waals surface area contributed by atoms with Gasteiger partial charge in [0.2, 0.25) is 6.29 Å². The number of carbonyl (C=O) groups is 6. The highest BCUT2D eigenvalue weighted by Gasteiger charge is 2.81. The second-order valence-electron chi connectivity index (χ2n) is 8.70. The number of amides is 1. The Morgan fingerprint density at radius 3 is 2.00 bits per heavy atom. The summed E-state index contributed by atoms with van der Waals surface area (Å²) >= 11 is 0.0815. The van der Waals surface area contributed by atoms with Crippen molar-refractivity contribution in [2.45, 2.75) is 68.8 Å². The molecular formula is C25H31NO16S. The molecule has 0 bridgehead atoms. The molecule has 5 N–H and O–H groups in total. The van der Waals surface area contributed by atoms with Crippen LogP contribution in [-0.4, -0.2) is 120 Å². The number of thioether (sulfide) groups is 1. The third-order valence-electron chi connectivity index (χ3n) is 5.76. The maximum Gasteiger partial charge on any atom is 0.350 e. The first kappa shape index (κ1) is 29.3. The van der Waals surface area contributed by atoms with Crippen LogP contribution in [0.25, 0.3) is 0 Å². The quantitative estimate of drug-likeness (QED) is 0.103. The zero-order chi connectivity index (χ0) is 35.7. The first-order valence-electron chi connectivity index (χ1n) is 14.5. The van der Waals surface area contributed by atoms with Crippen molar-refractivity contribution in [2.75, 3.05) is 12.8 Å². The lowest BCUT2D eigenvalue weighted by molar-refractivity contribution is -0.509. The maximum absolute atomic E-state index is 13.0. The van der Waals surface area contributed by atoms with Crippen molar-refractivity contribution in [3.63, 3.8) is 0 Å². The Hall–Kier alpha value is -3.81. The van der Waals surface area contributed by atoms with Crippen molar-refractivity contribution in [1.29, 1.82) is 0 Å². The molecule has 1 aliphatic heterocycles. The van der Waals surface area contributed by atoms with Gasteiger partial charge >= 0.3 is 47.2 Å². The van der Waals surface area contributed by atoms with Gasteiger partial charge in [-0.05, 0) is 12.1 Å². The number of likely N-dealkylation sites (N-methyl/N-ethyl adjacent to an activating group) is 1. The molecule has 1 saturated heterocycles. The number of nitrogens with zero attached hydrogens (tertiary/aromatic N) is 1. The number of esters is 4. The van der Waals surface area contributed by atoms with Crippen molar-refractivity contribution in [3.05, 3.63) is 35.9 Å². The third kappa shape index (κ3) is 7.40. The monoisotopic (exact) mass is 637 g/mol. The van der Waals surface area contributed by atoms with E-state index in [1.165, 1.54) is 24.3 Å². The highest BCUT2D eigenvalue weighted by Crippen LogP contribution is 2.51. The van der Waals surface area contributed by atoms with Gasteiger partial charge in [-0.25, -0.2) is 4.79 Å². The van der Waals surface area contributed by atoms with Crippen LogP contribution in [0.4, 0.5) is 0 Å². The summed E-state index contributed by atoms with van der Waals surface area (Å²) < 4.78 is 52.9. The molecule has 0 saturated carbocycles. The average Bonchev–Trinajstić information content (AvgIpc) is 3.04. The van der Waals surface area contributed by atoms with E-state index in [0.29, 0.717) is 0 Å². The molecular weight excluding hydrogens is 602 g/mol. The predicted molar refractivity (Wildman–Crippen MR) is 139 cm³/mol. The fourth-order valence-electron chi connectivity index (χ4n) is 3.89. The molecule has 43 heavy (non-hydrogen) atoms. The number of carbonyl (C=O) groups excluding carboxylic acids is 5. The first-order valence-corrected chi connectivity index (χ1v) is 12.7. The minimum absolute atomic E-state index is 0.0541. The van der Waals surface area contributed by atoms with Crippen LogP contribution < -0.4 is 0 Å². The van der Waals surface area contributed by atoms with E-state index >= 15 is 0 Å². The number of benzene rings is 1. The Morgan fingerprint density at radius 1 is 0.930 bits per heavy atom. The van der Waals surface area contributed by atoms with Gasteiger partial charge in [0.25, 0.3) is 5.91 Å². The summed E-state index contributed by atoms with van der Waals surface area (Å²) in [6, 6.07) is 5.51. The number of ether oxygens (including phenoxy) is 5. The molecule has 238 valence electrons. The maximum atomic E-state index is 13.0. The summed E-state index contributed by atoms with van der Waals surface area (Å²) in [5, 5.41) is 55.6. The minimum Gasteiger partial charge on any atom is -0.480 e. The van der Waals surface area contributed by atoms with Gasteiger partial charge in [-0.3, -0.25) is 24.0 Å². The van der Waals surface area contributed by atoms with Crippen LogP contribution >= 0.6 is 11.8 Å². The smallest absolute Gasteiger partial charge is 0.350 e. The standard InChI is InChI=1S/C25H31NO16S/c1-12(27)38-21(34)18-23(35,40-13(2)28)25(37,42-15(4)30)24(36,41-14(3)29)22(39-18)43-11-17(20(32)33)26(5)19(31)16-9-7-6-8-10-16/h6-10,17-18,21-22,34-37H,11H2,1-5H3,(H,32,33)/t17-,18+,21?,22?,23+,24+,25+/m0/s1/i1D,2D,3D,4D. The highest BCUT2D eigenvalue weighted by atomic mass is 32.2. The molecule has 2 unspecified atom stereocenters. The molecule has 0 aliphatic carbocycles. The van der Waals surface area contributed by atoms with Gasteiger partial charge in [-0.1, -0.05) is 18.2 Å². The molecule has 1 aromatic rings. The van der Waals surface area contributed by atoms with Gasteiger partial charge in [0.15, 0.2) is 11.5 Å². The molecule has 1 heterocycles. The summed E-state index contributed by atoms with van der Waals surface area (Å²) in [5.41, 5.74) is -2.49. The van der Waals surface area contributed by atoms with Crippen molar-refractivity contribution < 1.29 is 83.5 Å². The number of aliphatic carboxylic acids is 1. The third-order valence-corrected chi connectivity index (χ3v) is 7.00. The van der Waals surface area contributed by atoms with Crippen molar-refractivity contribution >= 4 is 47.5 Å². The van der Waals surface area contributed by atoms with Crippen LogP contribution in [0.15, 0.2) is 30.3 Å².